The molecule has 0 spiro atoms. The van der Waals surface area contributed by atoms with Crippen molar-refractivity contribution in [1.29, 1.82) is 0 Å². The Morgan fingerprint density at radius 1 is 0.724 bits per heavy atom. The average molecular weight is 388 g/mol. The minimum absolute atomic E-state index is 0.828. The highest BCUT2D eigenvalue weighted by atomic mass is 16.5. The highest BCUT2D eigenvalue weighted by Gasteiger charge is 2.06. The van der Waals surface area contributed by atoms with Crippen LogP contribution in [0.25, 0.3) is 12.2 Å². The SMILES string of the molecule is CCCCCCCCCCOc1ccc(C[C]2C=CC=c3ccccc3=C2)cc1. The summed E-state index contributed by atoms with van der Waals surface area (Å²) in [5.41, 5.74) is 1.32. The number of rotatable bonds is 12. The molecule has 0 N–H and O–H groups in total. The topological polar surface area (TPSA) is 9.23 Å². The van der Waals surface area contributed by atoms with E-state index in [1.807, 2.05) is 0 Å². The molecule has 0 fully saturated rings. The summed E-state index contributed by atoms with van der Waals surface area (Å²) in [4.78, 5) is 0. The lowest BCUT2D eigenvalue weighted by atomic mass is 9.98. The lowest BCUT2D eigenvalue weighted by molar-refractivity contribution is 0.304. The largest absolute Gasteiger partial charge is 0.494 e. The third-order valence-electron chi connectivity index (χ3n) is 5.52. The molecular formula is C28H35O. The molecule has 1 heteroatoms. The third kappa shape index (κ3) is 7.57. The van der Waals surface area contributed by atoms with Crippen molar-refractivity contribution in [3.8, 4) is 5.75 Å². The van der Waals surface area contributed by atoms with Crippen molar-refractivity contribution in [3.05, 3.63) is 82.6 Å². The van der Waals surface area contributed by atoms with E-state index in [0.29, 0.717) is 0 Å². The average Bonchev–Trinajstić information content (AvgIpc) is 2.95. The molecule has 1 aliphatic carbocycles. The van der Waals surface area contributed by atoms with Crippen LogP contribution in [-0.4, -0.2) is 6.61 Å². The standard InChI is InChI=1S/C28H35O/c1-2-3-4-5-6-7-8-11-21-29-28-19-17-24(18-20-28)22-25-13-12-16-26-14-9-10-15-27(26)23-25/h9-10,12-20,23H,2-8,11,21-22H2,1H3. The summed E-state index contributed by atoms with van der Waals surface area (Å²) in [7, 11) is 0. The van der Waals surface area contributed by atoms with Crippen LogP contribution in [0.15, 0.2) is 60.7 Å². The first-order chi connectivity index (χ1) is 14.3. The van der Waals surface area contributed by atoms with E-state index in [2.05, 4.69) is 79.8 Å². The zero-order chi connectivity index (χ0) is 20.2. The number of hydrogen-bond donors (Lipinski definition) is 0. The quantitative estimate of drug-likeness (QED) is 0.397. The van der Waals surface area contributed by atoms with Crippen molar-refractivity contribution < 1.29 is 4.74 Å². The van der Waals surface area contributed by atoms with Gasteiger partial charge in [0.05, 0.1) is 6.61 Å². The first-order valence-corrected chi connectivity index (χ1v) is 11.4. The molecule has 1 radical (unpaired) electrons. The van der Waals surface area contributed by atoms with Crippen molar-refractivity contribution in [1.82, 2.24) is 0 Å². The first-order valence-electron chi connectivity index (χ1n) is 11.4. The van der Waals surface area contributed by atoms with Gasteiger partial charge in [-0.15, -0.1) is 0 Å². The molecule has 1 aliphatic rings. The van der Waals surface area contributed by atoms with Crippen LogP contribution < -0.4 is 15.2 Å². The highest BCUT2D eigenvalue weighted by Crippen LogP contribution is 2.19. The molecule has 2 aromatic carbocycles. The molecule has 153 valence electrons. The van der Waals surface area contributed by atoms with Crippen molar-refractivity contribution >= 4 is 12.2 Å². The molecule has 1 nitrogen and oxygen atoms in total. The van der Waals surface area contributed by atoms with Gasteiger partial charge in [0.15, 0.2) is 0 Å². The number of ether oxygens (including phenoxy) is 1. The Labute approximate surface area is 176 Å². The number of benzene rings is 2. The number of hydrogen-bond acceptors (Lipinski definition) is 1. The van der Waals surface area contributed by atoms with E-state index >= 15 is 0 Å². The van der Waals surface area contributed by atoms with Crippen LogP contribution in [0.2, 0.25) is 0 Å². The molecule has 3 rings (SSSR count). The van der Waals surface area contributed by atoms with Crippen molar-refractivity contribution in [2.24, 2.45) is 0 Å². The van der Waals surface area contributed by atoms with Gasteiger partial charge < -0.3 is 4.74 Å². The second kappa shape index (κ2) is 12.3. The number of fused-ring (bicyclic) bond motifs is 1. The van der Waals surface area contributed by atoms with Gasteiger partial charge in [0.25, 0.3) is 0 Å². The summed E-state index contributed by atoms with van der Waals surface area (Å²) < 4.78 is 5.93. The summed E-state index contributed by atoms with van der Waals surface area (Å²) in [5, 5.41) is 2.57. The molecule has 0 bridgehead atoms. The Kier molecular flexibility index (Phi) is 9.10. The smallest absolute Gasteiger partial charge is 0.119 e. The van der Waals surface area contributed by atoms with Gasteiger partial charge in [-0.25, -0.2) is 0 Å². The number of unbranched alkanes of at least 4 members (excludes halogenated alkanes) is 7. The van der Waals surface area contributed by atoms with Gasteiger partial charge in [-0.1, -0.05) is 113 Å². The summed E-state index contributed by atoms with van der Waals surface area (Å²) in [6.45, 7) is 3.10. The minimum Gasteiger partial charge on any atom is -0.494 e. The van der Waals surface area contributed by atoms with Gasteiger partial charge in [0, 0.05) is 5.92 Å². The zero-order valence-electron chi connectivity index (χ0n) is 17.9. The van der Waals surface area contributed by atoms with E-state index in [9.17, 15) is 0 Å². The van der Waals surface area contributed by atoms with Gasteiger partial charge in [-0.05, 0) is 41.0 Å². The molecule has 2 aromatic rings. The molecular weight excluding hydrogens is 352 g/mol. The van der Waals surface area contributed by atoms with Gasteiger partial charge in [-0.2, -0.15) is 0 Å². The normalized spacial score (nSPS) is 13.3. The molecule has 29 heavy (non-hydrogen) atoms. The molecule has 0 atom stereocenters. The maximum absolute atomic E-state index is 5.93. The minimum atomic E-state index is 0.828. The van der Waals surface area contributed by atoms with E-state index < -0.39 is 0 Å². The van der Waals surface area contributed by atoms with E-state index in [-0.39, 0.29) is 0 Å². The van der Waals surface area contributed by atoms with E-state index in [4.69, 9.17) is 4.74 Å². The third-order valence-corrected chi connectivity index (χ3v) is 5.52. The summed E-state index contributed by atoms with van der Waals surface area (Å²) in [5.74, 6) is 2.32. The second-order valence-electron chi connectivity index (χ2n) is 8.02. The molecule has 0 amide bonds. The van der Waals surface area contributed by atoms with E-state index in [1.165, 1.54) is 66.9 Å². The van der Waals surface area contributed by atoms with E-state index in [0.717, 1.165) is 25.2 Å². The molecule has 0 saturated heterocycles. The lowest BCUT2D eigenvalue weighted by Crippen LogP contribution is -2.23. The molecule has 0 aliphatic heterocycles. The zero-order valence-corrected chi connectivity index (χ0v) is 17.9. The predicted molar refractivity (Wildman–Crippen MR) is 125 cm³/mol. The maximum atomic E-state index is 5.93. The van der Waals surface area contributed by atoms with Crippen LogP contribution >= 0.6 is 0 Å². The highest BCUT2D eigenvalue weighted by molar-refractivity contribution is 5.56. The number of allylic oxidation sites excluding steroid dienone is 2. The van der Waals surface area contributed by atoms with Crippen molar-refractivity contribution in [3.63, 3.8) is 0 Å². The lowest BCUT2D eigenvalue weighted by Gasteiger charge is -2.09. The molecule has 0 unspecified atom stereocenters. The van der Waals surface area contributed by atoms with Crippen LogP contribution in [0.5, 0.6) is 5.75 Å². The van der Waals surface area contributed by atoms with Crippen LogP contribution in [0, 0.1) is 5.92 Å². The van der Waals surface area contributed by atoms with Crippen LogP contribution in [0.4, 0.5) is 0 Å². The van der Waals surface area contributed by atoms with Crippen LogP contribution in [0.3, 0.4) is 0 Å². The van der Waals surface area contributed by atoms with Gasteiger partial charge in [0.2, 0.25) is 0 Å². The Balaban J connectivity index is 1.39. The Morgan fingerprint density at radius 2 is 1.41 bits per heavy atom. The Morgan fingerprint density at radius 3 is 2.17 bits per heavy atom. The molecule has 0 heterocycles. The molecule has 0 aromatic heterocycles. The van der Waals surface area contributed by atoms with Crippen molar-refractivity contribution in [2.75, 3.05) is 6.61 Å². The summed E-state index contributed by atoms with van der Waals surface area (Å²) in [6.07, 6.45) is 20.4. The first kappa shape index (κ1) is 21.4. The fourth-order valence-corrected chi connectivity index (χ4v) is 3.79. The van der Waals surface area contributed by atoms with Crippen LogP contribution in [0.1, 0.15) is 63.9 Å². The van der Waals surface area contributed by atoms with Gasteiger partial charge in [0.1, 0.15) is 5.75 Å². The summed E-state index contributed by atoms with van der Waals surface area (Å²) in [6, 6.07) is 17.1. The monoisotopic (exact) mass is 387 g/mol. The van der Waals surface area contributed by atoms with Crippen molar-refractivity contribution in [2.45, 2.75) is 64.7 Å². The molecule has 0 saturated carbocycles. The van der Waals surface area contributed by atoms with Crippen LogP contribution in [-0.2, 0) is 6.42 Å². The Bertz CT molecular complexity index is 860. The maximum Gasteiger partial charge on any atom is 0.119 e. The van der Waals surface area contributed by atoms with Gasteiger partial charge in [-0.3, -0.25) is 0 Å². The second-order valence-corrected chi connectivity index (χ2v) is 8.02. The fraction of sp³-hybridized carbons (Fsp3) is 0.393. The Hall–Kier alpha value is -2.28. The van der Waals surface area contributed by atoms with Gasteiger partial charge >= 0.3 is 0 Å². The summed E-state index contributed by atoms with van der Waals surface area (Å²) >= 11 is 0. The predicted octanol–water partition coefficient (Wildman–Crippen LogP) is 6.15. The van der Waals surface area contributed by atoms with E-state index in [1.54, 1.807) is 0 Å². The fourth-order valence-electron chi connectivity index (χ4n) is 3.79.